The van der Waals surface area contributed by atoms with Gasteiger partial charge >= 0.3 is 0 Å². The highest BCUT2D eigenvalue weighted by atomic mass is 16.5. The van der Waals surface area contributed by atoms with E-state index < -0.39 is 0 Å². The van der Waals surface area contributed by atoms with Crippen LogP contribution in [0.25, 0.3) is 0 Å². The summed E-state index contributed by atoms with van der Waals surface area (Å²) >= 11 is 0. The van der Waals surface area contributed by atoms with E-state index in [0.29, 0.717) is 0 Å². The molecular weight excluding hydrogens is 240 g/mol. The molecular formula is C15H16N2O2. The summed E-state index contributed by atoms with van der Waals surface area (Å²) in [6.45, 7) is 0.0744. The van der Waals surface area contributed by atoms with Gasteiger partial charge in [0.15, 0.2) is 5.84 Å². The molecule has 0 bridgehead atoms. The van der Waals surface area contributed by atoms with Crippen molar-refractivity contribution < 1.29 is 9.94 Å². The van der Waals surface area contributed by atoms with Crippen molar-refractivity contribution in [3.8, 4) is 0 Å². The monoisotopic (exact) mass is 256 g/mol. The zero-order valence-electron chi connectivity index (χ0n) is 10.4. The van der Waals surface area contributed by atoms with Crippen LogP contribution in [0.4, 0.5) is 0 Å². The third kappa shape index (κ3) is 3.56. The van der Waals surface area contributed by atoms with Crippen LogP contribution < -0.4 is 5.73 Å². The van der Waals surface area contributed by atoms with Gasteiger partial charge in [-0.2, -0.15) is 0 Å². The molecule has 0 spiro atoms. The van der Waals surface area contributed by atoms with E-state index in [1.807, 2.05) is 60.7 Å². The third-order valence-electron chi connectivity index (χ3n) is 2.73. The van der Waals surface area contributed by atoms with Gasteiger partial charge in [0.25, 0.3) is 0 Å². The highest BCUT2D eigenvalue weighted by molar-refractivity contribution is 5.80. The maximum atomic E-state index is 8.57. The summed E-state index contributed by atoms with van der Waals surface area (Å²) in [5, 5.41) is 11.5. The van der Waals surface area contributed by atoms with E-state index in [2.05, 4.69) is 5.16 Å². The fraction of sp³-hybridized carbons (Fsp3) is 0.133. The molecule has 0 aliphatic rings. The number of amidine groups is 1. The van der Waals surface area contributed by atoms with Gasteiger partial charge in [-0.25, -0.2) is 0 Å². The zero-order chi connectivity index (χ0) is 13.5. The minimum Gasteiger partial charge on any atom is -0.409 e. The number of benzene rings is 2. The van der Waals surface area contributed by atoms with Gasteiger partial charge in [0.1, 0.15) is 12.7 Å². The van der Waals surface area contributed by atoms with Crippen LogP contribution in [0.1, 0.15) is 17.2 Å². The summed E-state index contributed by atoms with van der Waals surface area (Å²) in [7, 11) is 0. The summed E-state index contributed by atoms with van der Waals surface area (Å²) < 4.78 is 5.75. The lowest BCUT2D eigenvalue weighted by atomic mass is 10.0. The Morgan fingerprint density at radius 2 is 1.47 bits per heavy atom. The van der Waals surface area contributed by atoms with Crippen molar-refractivity contribution in [2.75, 3.05) is 6.61 Å². The first-order valence-corrected chi connectivity index (χ1v) is 5.99. The number of nitrogens with two attached hydrogens (primary N) is 1. The molecule has 0 unspecified atom stereocenters. The Kier molecular flexibility index (Phi) is 4.53. The van der Waals surface area contributed by atoms with Crippen LogP contribution in [0.15, 0.2) is 65.8 Å². The van der Waals surface area contributed by atoms with Crippen molar-refractivity contribution in [3.63, 3.8) is 0 Å². The van der Waals surface area contributed by atoms with Crippen LogP contribution in [0.2, 0.25) is 0 Å². The molecule has 2 rings (SSSR count). The number of rotatable bonds is 5. The van der Waals surface area contributed by atoms with Crippen molar-refractivity contribution in [1.29, 1.82) is 0 Å². The Morgan fingerprint density at radius 3 is 1.89 bits per heavy atom. The van der Waals surface area contributed by atoms with E-state index in [-0.39, 0.29) is 18.5 Å². The first kappa shape index (κ1) is 13.1. The Hall–Kier alpha value is -2.33. The predicted molar refractivity (Wildman–Crippen MR) is 74.1 cm³/mol. The number of hydrogen-bond donors (Lipinski definition) is 2. The SMILES string of the molecule is N/C(COC(c1ccccc1)c1ccccc1)=N/O. The van der Waals surface area contributed by atoms with E-state index in [1.165, 1.54) is 0 Å². The van der Waals surface area contributed by atoms with Gasteiger partial charge in [-0.3, -0.25) is 0 Å². The highest BCUT2D eigenvalue weighted by Crippen LogP contribution is 2.25. The average molecular weight is 256 g/mol. The molecule has 98 valence electrons. The minimum atomic E-state index is -0.234. The topological polar surface area (TPSA) is 67.8 Å². The first-order valence-electron chi connectivity index (χ1n) is 5.99. The van der Waals surface area contributed by atoms with Crippen molar-refractivity contribution in [1.82, 2.24) is 0 Å². The summed E-state index contributed by atoms with van der Waals surface area (Å²) in [5.74, 6) is 0.0527. The van der Waals surface area contributed by atoms with Gasteiger partial charge in [-0.1, -0.05) is 65.8 Å². The van der Waals surface area contributed by atoms with Gasteiger partial charge < -0.3 is 15.7 Å². The van der Waals surface area contributed by atoms with Crippen LogP contribution in [0, 0.1) is 0 Å². The van der Waals surface area contributed by atoms with Gasteiger partial charge in [-0.15, -0.1) is 0 Å². The van der Waals surface area contributed by atoms with Crippen molar-refractivity contribution >= 4 is 5.84 Å². The summed E-state index contributed by atoms with van der Waals surface area (Å²) in [5.41, 5.74) is 7.51. The lowest BCUT2D eigenvalue weighted by molar-refractivity contribution is 0.110. The standard InChI is InChI=1S/C15H16N2O2/c16-14(17-18)11-19-15(12-7-3-1-4-8-12)13-9-5-2-6-10-13/h1-10,15,18H,11H2,(H2,16,17). The molecule has 2 aromatic rings. The summed E-state index contributed by atoms with van der Waals surface area (Å²) in [6, 6.07) is 19.7. The zero-order valence-corrected chi connectivity index (χ0v) is 10.4. The molecule has 4 heteroatoms. The highest BCUT2D eigenvalue weighted by Gasteiger charge is 2.14. The quantitative estimate of drug-likeness (QED) is 0.374. The van der Waals surface area contributed by atoms with Crippen LogP contribution in [-0.2, 0) is 4.74 Å². The first-order chi connectivity index (χ1) is 9.31. The molecule has 4 nitrogen and oxygen atoms in total. The van der Waals surface area contributed by atoms with Gasteiger partial charge in [-0.05, 0) is 11.1 Å². The molecule has 3 N–H and O–H groups in total. The Labute approximate surface area is 112 Å². The maximum absolute atomic E-state index is 8.57. The lowest BCUT2D eigenvalue weighted by Gasteiger charge is -2.18. The Balaban J connectivity index is 2.24. The molecule has 0 aromatic heterocycles. The van der Waals surface area contributed by atoms with Crippen LogP contribution in [-0.4, -0.2) is 17.6 Å². The maximum Gasteiger partial charge on any atom is 0.165 e. The normalized spacial score (nSPS) is 11.7. The molecule has 0 saturated heterocycles. The number of hydrogen-bond acceptors (Lipinski definition) is 3. The second-order valence-corrected chi connectivity index (χ2v) is 4.10. The van der Waals surface area contributed by atoms with Crippen molar-refractivity contribution in [3.05, 3.63) is 71.8 Å². The van der Waals surface area contributed by atoms with Crippen LogP contribution >= 0.6 is 0 Å². The molecule has 19 heavy (non-hydrogen) atoms. The van der Waals surface area contributed by atoms with Crippen molar-refractivity contribution in [2.45, 2.75) is 6.10 Å². The molecule has 0 fully saturated rings. The largest absolute Gasteiger partial charge is 0.409 e. The minimum absolute atomic E-state index is 0.0527. The Bertz CT molecular complexity index is 487. The molecule has 0 atom stereocenters. The van der Waals surface area contributed by atoms with E-state index in [4.69, 9.17) is 15.7 Å². The number of ether oxygens (including phenoxy) is 1. The van der Waals surface area contributed by atoms with E-state index >= 15 is 0 Å². The van der Waals surface area contributed by atoms with Gasteiger partial charge in [0, 0.05) is 0 Å². The second kappa shape index (κ2) is 6.56. The predicted octanol–water partition coefficient (Wildman–Crippen LogP) is 2.54. The van der Waals surface area contributed by atoms with Crippen molar-refractivity contribution in [2.24, 2.45) is 10.9 Å². The number of nitrogens with zero attached hydrogens (tertiary/aromatic N) is 1. The molecule has 0 saturated carbocycles. The third-order valence-corrected chi connectivity index (χ3v) is 2.73. The van der Waals surface area contributed by atoms with Crippen LogP contribution in [0.5, 0.6) is 0 Å². The fourth-order valence-electron chi connectivity index (χ4n) is 1.84. The average Bonchev–Trinajstić information content (AvgIpc) is 2.49. The van der Waals surface area contributed by atoms with Gasteiger partial charge in [0.05, 0.1) is 0 Å². The number of oxime groups is 1. The fourth-order valence-corrected chi connectivity index (χ4v) is 1.84. The molecule has 0 aliphatic carbocycles. The molecule has 2 aromatic carbocycles. The molecule has 0 heterocycles. The van der Waals surface area contributed by atoms with Crippen LogP contribution in [0.3, 0.4) is 0 Å². The summed E-state index contributed by atoms with van der Waals surface area (Å²) in [4.78, 5) is 0. The second-order valence-electron chi connectivity index (χ2n) is 4.10. The molecule has 0 radical (unpaired) electrons. The smallest absolute Gasteiger partial charge is 0.165 e. The van der Waals surface area contributed by atoms with E-state index in [9.17, 15) is 0 Å². The lowest BCUT2D eigenvalue weighted by Crippen LogP contribution is -2.21. The van der Waals surface area contributed by atoms with Gasteiger partial charge in [0.2, 0.25) is 0 Å². The Morgan fingerprint density at radius 1 is 1.00 bits per heavy atom. The molecule has 0 amide bonds. The summed E-state index contributed by atoms with van der Waals surface area (Å²) in [6.07, 6.45) is -0.234. The molecule has 0 aliphatic heterocycles. The van der Waals surface area contributed by atoms with E-state index in [1.54, 1.807) is 0 Å². The van der Waals surface area contributed by atoms with E-state index in [0.717, 1.165) is 11.1 Å².